The van der Waals surface area contributed by atoms with E-state index in [1.54, 1.807) is 6.92 Å². The Balaban J connectivity index is 3.11. The summed E-state index contributed by atoms with van der Waals surface area (Å²) in [6, 6.07) is 3.97. The zero-order chi connectivity index (χ0) is 16.0. The van der Waals surface area contributed by atoms with Gasteiger partial charge in [-0.2, -0.15) is 4.31 Å². The maximum Gasteiger partial charge on any atom is 0.336 e. The van der Waals surface area contributed by atoms with E-state index >= 15 is 0 Å². The number of carboxylic acid groups (broad SMARTS) is 1. The van der Waals surface area contributed by atoms with E-state index in [0.29, 0.717) is 17.7 Å². The van der Waals surface area contributed by atoms with Crippen molar-refractivity contribution >= 4 is 31.9 Å². The highest BCUT2D eigenvalue weighted by Crippen LogP contribution is 2.23. The summed E-state index contributed by atoms with van der Waals surface area (Å²) < 4.78 is 31.8. The first-order valence-electron chi connectivity index (χ1n) is 6.45. The second-order valence-corrected chi connectivity index (χ2v) is 6.93. The Morgan fingerprint density at radius 3 is 2.57 bits per heavy atom. The standard InChI is InChI=1S/C13H18BrNO5S/c1-3-15(7-8-20-4-2)21(18,19)10-5-6-12(14)11(9-10)13(16)17/h5-6,9H,3-4,7-8H2,1-2H3,(H,16,17). The number of hydrogen-bond donors (Lipinski definition) is 1. The lowest BCUT2D eigenvalue weighted by atomic mass is 10.2. The highest BCUT2D eigenvalue weighted by Gasteiger charge is 2.24. The minimum absolute atomic E-state index is 0.0403. The van der Waals surface area contributed by atoms with Gasteiger partial charge in [0.1, 0.15) is 0 Å². The van der Waals surface area contributed by atoms with Crippen LogP contribution in [0.3, 0.4) is 0 Å². The van der Waals surface area contributed by atoms with Crippen LogP contribution in [0.15, 0.2) is 27.6 Å². The van der Waals surface area contributed by atoms with Crippen LogP contribution in [0.1, 0.15) is 24.2 Å². The van der Waals surface area contributed by atoms with Crippen molar-refractivity contribution in [3.05, 3.63) is 28.2 Å². The molecule has 0 bridgehead atoms. The first-order valence-corrected chi connectivity index (χ1v) is 8.68. The van der Waals surface area contributed by atoms with Gasteiger partial charge in [-0.05, 0) is 41.1 Å². The fourth-order valence-electron chi connectivity index (χ4n) is 1.74. The van der Waals surface area contributed by atoms with Crippen molar-refractivity contribution in [1.82, 2.24) is 4.31 Å². The molecule has 1 N–H and O–H groups in total. The van der Waals surface area contributed by atoms with Crippen molar-refractivity contribution < 1.29 is 23.1 Å². The number of carbonyl (C=O) groups is 1. The van der Waals surface area contributed by atoms with Crippen LogP contribution in [-0.4, -0.2) is 50.1 Å². The molecule has 21 heavy (non-hydrogen) atoms. The van der Waals surface area contributed by atoms with Gasteiger partial charge in [-0.15, -0.1) is 0 Å². The number of carboxylic acids is 1. The van der Waals surface area contributed by atoms with E-state index in [-0.39, 0.29) is 23.5 Å². The number of hydrogen-bond acceptors (Lipinski definition) is 4. The number of rotatable bonds is 8. The minimum Gasteiger partial charge on any atom is -0.478 e. The highest BCUT2D eigenvalue weighted by atomic mass is 79.9. The van der Waals surface area contributed by atoms with E-state index in [9.17, 15) is 13.2 Å². The van der Waals surface area contributed by atoms with Crippen molar-refractivity contribution in [2.75, 3.05) is 26.3 Å². The molecule has 0 amide bonds. The van der Waals surface area contributed by atoms with Crippen LogP contribution < -0.4 is 0 Å². The summed E-state index contributed by atoms with van der Waals surface area (Å²) in [6.07, 6.45) is 0. The summed E-state index contributed by atoms with van der Waals surface area (Å²) in [5.74, 6) is -1.18. The molecule has 118 valence electrons. The zero-order valence-corrected chi connectivity index (χ0v) is 14.3. The van der Waals surface area contributed by atoms with Crippen molar-refractivity contribution in [3.63, 3.8) is 0 Å². The number of ether oxygens (including phenoxy) is 1. The smallest absolute Gasteiger partial charge is 0.336 e. The molecule has 1 aromatic rings. The molecule has 0 radical (unpaired) electrons. The number of benzene rings is 1. The van der Waals surface area contributed by atoms with Crippen molar-refractivity contribution in [2.45, 2.75) is 18.7 Å². The molecular formula is C13H18BrNO5S. The Hall–Kier alpha value is -0.960. The Morgan fingerprint density at radius 2 is 2.05 bits per heavy atom. The quantitative estimate of drug-likeness (QED) is 0.699. The zero-order valence-electron chi connectivity index (χ0n) is 11.9. The van der Waals surface area contributed by atoms with Crippen LogP contribution in [0.5, 0.6) is 0 Å². The molecule has 8 heteroatoms. The molecule has 0 unspecified atom stereocenters. The number of sulfonamides is 1. The summed E-state index contributed by atoms with van der Waals surface area (Å²) in [4.78, 5) is 11.1. The van der Waals surface area contributed by atoms with Crippen LogP contribution >= 0.6 is 15.9 Å². The summed E-state index contributed by atoms with van der Waals surface area (Å²) >= 11 is 3.09. The van der Waals surface area contributed by atoms with Crippen molar-refractivity contribution in [3.8, 4) is 0 Å². The average molecular weight is 380 g/mol. The van der Waals surface area contributed by atoms with E-state index in [2.05, 4.69) is 15.9 Å². The first kappa shape index (κ1) is 18.1. The SMILES string of the molecule is CCOCCN(CC)S(=O)(=O)c1ccc(Br)c(C(=O)O)c1. The molecule has 1 rings (SSSR count). The topological polar surface area (TPSA) is 83.9 Å². The Bertz CT molecular complexity index is 603. The Kier molecular flexibility index (Phi) is 6.79. The Labute approximate surface area is 132 Å². The third-order valence-corrected chi connectivity index (χ3v) is 5.51. The van der Waals surface area contributed by atoms with Gasteiger partial charge < -0.3 is 9.84 Å². The van der Waals surface area contributed by atoms with Gasteiger partial charge >= 0.3 is 5.97 Å². The van der Waals surface area contributed by atoms with E-state index < -0.39 is 16.0 Å². The minimum atomic E-state index is -3.74. The molecular weight excluding hydrogens is 362 g/mol. The first-order chi connectivity index (χ1) is 9.84. The van der Waals surface area contributed by atoms with Gasteiger partial charge in [-0.3, -0.25) is 0 Å². The maximum absolute atomic E-state index is 12.5. The van der Waals surface area contributed by atoms with Gasteiger partial charge in [-0.1, -0.05) is 6.92 Å². The highest BCUT2D eigenvalue weighted by molar-refractivity contribution is 9.10. The molecule has 6 nitrogen and oxygen atoms in total. The Morgan fingerprint density at radius 1 is 1.38 bits per heavy atom. The van der Waals surface area contributed by atoms with Crippen LogP contribution in [0, 0.1) is 0 Å². The second-order valence-electron chi connectivity index (χ2n) is 4.14. The van der Waals surface area contributed by atoms with Gasteiger partial charge in [-0.25, -0.2) is 13.2 Å². The van der Waals surface area contributed by atoms with Gasteiger partial charge in [0.2, 0.25) is 10.0 Å². The second kappa shape index (κ2) is 7.88. The van der Waals surface area contributed by atoms with E-state index in [4.69, 9.17) is 9.84 Å². The predicted octanol–water partition coefficient (Wildman–Crippen LogP) is 2.19. The summed E-state index contributed by atoms with van der Waals surface area (Å²) in [5.41, 5.74) is -0.0862. The number of halogens is 1. The maximum atomic E-state index is 12.5. The van der Waals surface area contributed by atoms with E-state index in [1.807, 2.05) is 6.92 Å². The molecule has 0 heterocycles. The van der Waals surface area contributed by atoms with Crippen molar-refractivity contribution in [1.29, 1.82) is 0 Å². The van der Waals surface area contributed by atoms with Crippen LogP contribution in [0.25, 0.3) is 0 Å². The number of likely N-dealkylation sites (N-methyl/N-ethyl adjacent to an activating group) is 1. The fraction of sp³-hybridized carbons (Fsp3) is 0.462. The van der Waals surface area contributed by atoms with Crippen LogP contribution in [0.4, 0.5) is 0 Å². The molecule has 1 aromatic carbocycles. The van der Waals surface area contributed by atoms with E-state index in [0.717, 1.165) is 6.07 Å². The molecule has 0 saturated carbocycles. The van der Waals surface area contributed by atoms with Gasteiger partial charge in [0, 0.05) is 24.2 Å². The monoisotopic (exact) mass is 379 g/mol. The van der Waals surface area contributed by atoms with Crippen LogP contribution in [0.2, 0.25) is 0 Å². The van der Waals surface area contributed by atoms with Crippen molar-refractivity contribution in [2.24, 2.45) is 0 Å². The van der Waals surface area contributed by atoms with Gasteiger partial charge in [0.05, 0.1) is 17.1 Å². The molecule has 0 aliphatic rings. The van der Waals surface area contributed by atoms with Crippen LogP contribution in [-0.2, 0) is 14.8 Å². The van der Waals surface area contributed by atoms with Gasteiger partial charge in [0.25, 0.3) is 0 Å². The number of aromatic carboxylic acids is 1. The summed E-state index contributed by atoms with van der Waals surface area (Å²) in [5, 5.41) is 9.07. The molecule has 0 atom stereocenters. The summed E-state index contributed by atoms with van der Waals surface area (Å²) in [6.45, 7) is 4.88. The fourth-order valence-corrected chi connectivity index (χ4v) is 3.61. The molecule has 0 spiro atoms. The largest absolute Gasteiger partial charge is 0.478 e. The summed E-state index contributed by atoms with van der Waals surface area (Å²) in [7, 11) is -3.74. The van der Waals surface area contributed by atoms with E-state index in [1.165, 1.54) is 16.4 Å². The molecule has 0 fully saturated rings. The lowest BCUT2D eigenvalue weighted by molar-refractivity contribution is 0.0695. The predicted molar refractivity (Wildman–Crippen MR) is 82.0 cm³/mol. The van der Waals surface area contributed by atoms with Gasteiger partial charge in [0.15, 0.2) is 0 Å². The third kappa shape index (κ3) is 4.50. The molecule has 0 aliphatic carbocycles. The average Bonchev–Trinajstić information content (AvgIpc) is 2.43. The normalized spacial score (nSPS) is 11.8. The lowest BCUT2D eigenvalue weighted by Gasteiger charge is -2.20. The third-order valence-electron chi connectivity index (χ3n) is 2.85. The molecule has 0 aromatic heterocycles. The molecule has 0 aliphatic heterocycles. The molecule has 0 saturated heterocycles. The lowest BCUT2D eigenvalue weighted by Crippen LogP contribution is -2.34. The number of nitrogens with zero attached hydrogens (tertiary/aromatic N) is 1.